The summed E-state index contributed by atoms with van der Waals surface area (Å²) in [5.74, 6) is -0.889. The van der Waals surface area contributed by atoms with E-state index in [4.69, 9.17) is 9.94 Å². The van der Waals surface area contributed by atoms with Crippen molar-refractivity contribution in [3.05, 3.63) is 60.2 Å². The van der Waals surface area contributed by atoms with E-state index in [0.717, 1.165) is 11.1 Å². The van der Waals surface area contributed by atoms with E-state index >= 15 is 0 Å². The van der Waals surface area contributed by atoms with Gasteiger partial charge in [0.05, 0.1) is 0 Å². The minimum Gasteiger partial charge on any atom is -0.387 e. The molecular weight excluding hydrogens is 298 g/mol. The third kappa shape index (κ3) is 2.97. The molecule has 0 aromatic heterocycles. The molecule has 1 saturated heterocycles. The summed E-state index contributed by atoms with van der Waals surface area (Å²) in [6, 6.07) is 17.1. The zero-order chi connectivity index (χ0) is 16.4. The molecule has 4 atom stereocenters. The van der Waals surface area contributed by atoms with Crippen molar-refractivity contribution in [2.75, 3.05) is 0 Å². The van der Waals surface area contributed by atoms with Gasteiger partial charge in [-0.2, -0.15) is 0 Å². The number of benzene rings is 2. The lowest BCUT2D eigenvalue weighted by molar-refractivity contribution is -0.144. The Morgan fingerprint density at radius 3 is 2.13 bits per heavy atom. The summed E-state index contributed by atoms with van der Waals surface area (Å²) >= 11 is 0. The van der Waals surface area contributed by atoms with Crippen LogP contribution in [0.15, 0.2) is 54.6 Å². The van der Waals surface area contributed by atoms with E-state index in [0.29, 0.717) is 5.56 Å². The van der Waals surface area contributed by atoms with Crippen LogP contribution < -0.4 is 5.48 Å². The van der Waals surface area contributed by atoms with Gasteiger partial charge >= 0.3 is 0 Å². The average molecular weight is 315 g/mol. The summed E-state index contributed by atoms with van der Waals surface area (Å²) in [5, 5.41) is 28.6. The molecule has 2 aromatic rings. The molecule has 0 unspecified atom stereocenters. The van der Waals surface area contributed by atoms with Gasteiger partial charge in [0.2, 0.25) is 0 Å². The van der Waals surface area contributed by atoms with Crippen LogP contribution in [0.2, 0.25) is 0 Å². The Balaban J connectivity index is 1.81. The molecule has 6 nitrogen and oxygen atoms in total. The third-order valence-corrected chi connectivity index (χ3v) is 3.98. The number of hydrogen-bond acceptors (Lipinski definition) is 5. The zero-order valence-corrected chi connectivity index (χ0v) is 12.2. The van der Waals surface area contributed by atoms with Crippen LogP contribution in [0.25, 0.3) is 11.1 Å². The number of aliphatic hydroxyl groups excluding tert-OH is 2. The Morgan fingerprint density at radius 2 is 1.52 bits per heavy atom. The highest BCUT2D eigenvalue weighted by molar-refractivity contribution is 5.80. The topological polar surface area (TPSA) is 99.0 Å². The second-order valence-electron chi connectivity index (χ2n) is 5.42. The molecule has 23 heavy (non-hydrogen) atoms. The molecule has 6 heteroatoms. The molecule has 2 aromatic carbocycles. The van der Waals surface area contributed by atoms with Gasteiger partial charge in [-0.05, 0) is 16.7 Å². The van der Waals surface area contributed by atoms with E-state index in [1.807, 2.05) is 42.5 Å². The molecule has 0 saturated carbocycles. The maximum absolute atomic E-state index is 11.4. The predicted molar refractivity (Wildman–Crippen MR) is 81.4 cm³/mol. The summed E-state index contributed by atoms with van der Waals surface area (Å²) in [4.78, 5) is 11.4. The van der Waals surface area contributed by atoms with Crippen molar-refractivity contribution in [2.24, 2.45) is 0 Å². The highest BCUT2D eigenvalue weighted by Gasteiger charge is 2.46. The molecule has 0 aliphatic carbocycles. The Bertz CT molecular complexity index is 673. The molecule has 1 amide bonds. The van der Waals surface area contributed by atoms with Gasteiger partial charge in [0.15, 0.2) is 6.10 Å². The lowest BCUT2D eigenvalue weighted by atomic mass is 9.98. The number of hydrogen-bond donors (Lipinski definition) is 4. The first-order valence-electron chi connectivity index (χ1n) is 7.22. The highest BCUT2D eigenvalue weighted by Crippen LogP contribution is 2.34. The van der Waals surface area contributed by atoms with E-state index in [1.165, 1.54) is 5.48 Å². The van der Waals surface area contributed by atoms with Crippen LogP contribution in [0.3, 0.4) is 0 Å². The van der Waals surface area contributed by atoms with Gasteiger partial charge in [-0.15, -0.1) is 0 Å². The first-order valence-corrected chi connectivity index (χ1v) is 7.22. The predicted octanol–water partition coefficient (Wildman–Crippen LogP) is 1.02. The van der Waals surface area contributed by atoms with Gasteiger partial charge in [-0.25, -0.2) is 5.48 Å². The maximum atomic E-state index is 11.4. The molecule has 3 rings (SSSR count). The molecule has 0 spiro atoms. The first kappa shape index (κ1) is 15.6. The summed E-state index contributed by atoms with van der Waals surface area (Å²) < 4.78 is 5.40. The van der Waals surface area contributed by atoms with Gasteiger partial charge in [0, 0.05) is 0 Å². The van der Waals surface area contributed by atoms with Crippen molar-refractivity contribution in [3.8, 4) is 11.1 Å². The SMILES string of the molecule is O=C(NO)[C@H]1O[C@@H](c2ccc(-c3ccccc3)cc2)[C@@H](O)[C@H]1O. The summed E-state index contributed by atoms with van der Waals surface area (Å²) in [6.07, 6.45) is -4.80. The van der Waals surface area contributed by atoms with E-state index in [1.54, 1.807) is 12.1 Å². The minimum absolute atomic E-state index is 0.643. The first-order chi connectivity index (χ1) is 11.1. The molecule has 4 N–H and O–H groups in total. The number of hydroxylamine groups is 1. The standard InChI is InChI=1S/C17H17NO5/c19-13-14(20)16(17(21)18-22)23-15(13)12-8-6-11(7-9-12)10-4-2-1-3-5-10/h1-9,13-16,19-20,22H,(H,18,21)/t13-,14+,15-,16-/m0/s1. The van der Waals surface area contributed by atoms with Gasteiger partial charge < -0.3 is 14.9 Å². The van der Waals surface area contributed by atoms with Gasteiger partial charge in [-0.3, -0.25) is 10.0 Å². The van der Waals surface area contributed by atoms with Crippen molar-refractivity contribution in [3.63, 3.8) is 0 Å². The summed E-state index contributed by atoms with van der Waals surface area (Å²) in [7, 11) is 0. The molecule has 120 valence electrons. The molecule has 1 aliphatic rings. The van der Waals surface area contributed by atoms with E-state index in [9.17, 15) is 15.0 Å². The van der Waals surface area contributed by atoms with Crippen molar-refractivity contribution < 1.29 is 25.0 Å². The number of amides is 1. The van der Waals surface area contributed by atoms with Crippen LogP contribution in [-0.2, 0) is 9.53 Å². The highest BCUT2D eigenvalue weighted by atomic mass is 16.6. The van der Waals surface area contributed by atoms with Crippen LogP contribution in [0.4, 0.5) is 0 Å². The monoisotopic (exact) mass is 315 g/mol. The lowest BCUT2D eigenvalue weighted by Gasteiger charge is -2.15. The number of carbonyl (C=O) groups excluding carboxylic acids is 1. The molecule has 0 radical (unpaired) electrons. The fourth-order valence-corrected chi connectivity index (χ4v) is 2.73. The second kappa shape index (κ2) is 6.47. The Morgan fingerprint density at radius 1 is 0.913 bits per heavy atom. The average Bonchev–Trinajstić information content (AvgIpc) is 2.91. The smallest absolute Gasteiger partial charge is 0.275 e. The lowest BCUT2D eigenvalue weighted by Crippen LogP contribution is -2.41. The Hall–Kier alpha value is -2.25. The van der Waals surface area contributed by atoms with E-state index < -0.39 is 30.3 Å². The number of ether oxygens (including phenoxy) is 1. The summed E-state index contributed by atoms with van der Waals surface area (Å²) in [6.45, 7) is 0. The van der Waals surface area contributed by atoms with Crippen molar-refractivity contribution >= 4 is 5.91 Å². The molecular formula is C17H17NO5. The number of nitrogens with one attached hydrogen (secondary N) is 1. The Labute approximate surface area is 132 Å². The second-order valence-corrected chi connectivity index (χ2v) is 5.42. The summed E-state index contributed by atoms with van der Waals surface area (Å²) in [5.41, 5.74) is 4.13. The van der Waals surface area contributed by atoms with Gasteiger partial charge in [0.1, 0.15) is 18.3 Å². The Kier molecular flexibility index (Phi) is 4.40. The van der Waals surface area contributed by atoms with Crippen LogP contribution in [0, 0.1) is 0 Å². The molecule has 1 fully saturated rings. The van der Waals surface area contributed by atoms with Gasteiger partial charge in [-0.1, -0.05) is 54.6 Å². The van der Waals surface area contributed by atoms with Gasteiger partial charge in [0.25, 0.3) is 5.91 Å². The fraction of sp³-hybridized carbons (Fsp3) is 0.235. The van der Waals surface area contributed by atoms with Crippen LogP contribution >= 0.6 is 0 Å². The van der Waals surface area contributed by atoms with E-state index in [2.05, 4.69) is 0 Å². The normalized spacial score (nSPS) is 26.9. The zero-order valence-electron chi connectivity index (χ0n) is 12.2. The van der Waals surface area contributed by atoms with Crippen molar-refractivity contribution in [2.45, 2.75) is 24.4 Å². The van der Waals surface area contributed by atoms with Crippen LogP contribution in [-0.4, -0.2) is 39.6 Å². The molecule has 0 bridgehead atoms. The minimum atomic E-state index is -1.40. The number of rotatable bonds is 3. The van der Waals surface area contributed by atoms with Crippen molar-refractivity contribution in [1.82, 2.24) is 5.48 Å². The number of aliphatic hydroxyl groups is 2. The van der Waals surface area contributed by atoms with Crippen molar-refractivity contribution in [1.29, 1.82) is 0 Å². The van der Waals surface area contributed by atoms with E-state index in [-0.39, 0.29) is 0 Å². The third-order valence-electron chi connectivity index (χ3n) is 3.98. The molecule has 1 heterocycles. The van der Waals surface area contributed by atoms with Crippen LogP contribution in [0.5, 0.6) is 0 Å². The number of carbonyl (C=O) groups is 1. The quantitative estimate of drug-likeness (QED) is 0.501. The largest absolute Gasteiger partial charge is 0.387 e. The maximum Gasteiger partial charge on any atom is 0.275 e. The fourth-order valence-electron chi connectivity index (χ4n) is 2.73. The van der Waals surface area contributed by atoms with Crippen LogP contribution in [0.1, 0.15) is 11.7 Å². The molecule has 1 aliphatic heterocycles.